The standard InChI is InChI=1S/C7H9N3O2/c1-4-3-6(7(11)12-8)10-5(2)9-4/h3H,8H2,1-2H3. The van der Waals surface area contributed by atoms with Crippen molar-refractivity contribution in [3.63, 3.8) is 0 Å². The molecule has 12 heavy (non-hydrogen) atoms. The van der Waals surface area contributed by atoms with Gasteiger partial charge in [-0.1, -0.05) is 0 Å². The van der Waals surface area contributed by atoms with Gasteiger partial charge in [0, 0.05) is 5.69 Å². The fourth-order valence-corrected chi connectivity index (χ4v) is 0.882. The summed E-state index contributed by atoms with van der Waals surface area (Å²) in [6, 6.07) is 1.52. The Bertz CT molecular complexity index is 291. The fraction of sp³-hybridized carbons (Fsp3) is 0.286. The molecule has 1 rings (SSSR count). The number of carbonyl (C=O) groups excluding carboxylic acids is 1. The predicted octanol–water partition coefficient (Wildman–Crippen LogP) is 0.124. The zero-order chi connectivity index (χ0) is 9.14. The number of carbonyl (C=O) groups is 1. The minimum atomic E-state index is -0.649. The first-order valence-electron chi connectivity index (χ1n) is 3.37. The molecule has 5 heteroatoms. The van der Waals surface area contributed by atoms with Crippen molar-refractivity contribution < 1.29 is 9.63 Å². The third kappa shape index (κ3) is 1.76. The summed E-state index contributed by atoms with van der Waals surface area (Å²) in [7, 11) is 0. The van der Waals surface area contributed by atoms with E-state index in [1.165, 1.54) is 6.07 Å². The van der Waals surface area contributed by atoms with Gasteiger partial charge in [0.15, 0.2) is 5.69 Å². The maximum absolute atomic E-state index is 10.9. The number of rotatable bonds is 1. The minimum Gasteiger partial charge on any atom is -0.368 e. The first-order valence-corrected chi connectivity index (χ1v) is 3.37. The molecule has 0 fully saturated rings. The van der Waals surface area contributed by atoms with Crippen LogP contribution in [0.5, 0.6) is 0 Å². The van der Waals surface area contributed by atoms with E-state index < -0.39 is 5.97 Å². The number of nitrogens with two attached hydrogens (primary N) is 1. The molecule has 0 saturated carbocycles. The van der Waals surface area contributed by atoms with Gasteiger partial charge >= 0.3 is 5.97 Å². The Kier molecular flexibility index (Phi) is 2.35. The summed E-state index contributed by atoms with van der Waals surface area (Å²) in [6.07, 6.45) is 0. The van der Waals surface area contributed by atoms with E-state index in [1.54, 1.807) is 13.8 Å². The van der Waals surface area contributed by atoms with Gasteiger partial charge in [-0.2, -0.15) is 5.90 Å². The molecule has 2 N–H and O–H groups in total. The van der Waals surface area contributed by atoms with Gasteiger partial charge < -0.3 is 4.84 Å². The van der Waals surface area contributed by atoms with Gasteiger partial charge in [-0.05, 0) is 19.9 Å². The van der Waals surface area contributed by atoms with Gasteiger partial charge in [0.1, 0.15) is 5.82 Å². The average molecular weight is 167 g/mol. The average Bonchev–Trinajstić information content (AvgIpc) is 2.01. The lowest BCUT2D eigenvalue weighted by Gasteiger charge is -1.99. The van der Waals surface area contributed by atoms with Gasteiger partial charge in [-0.15, -0.1) is 0 Å². The number of aryl methyl sites for hydroxylation is 2. The van der Waals surface area contributed by atoms with Gasteiger partial charge in [-0.25, -0.2) is 14.8 Å². The van der Waals surface area contributed by atoms with Gasteiger partial charge in [0.05, 0.1) is 0 Å². The SMILES string of the molecule is Cc1cc(C(=O)ON)nc(C)n1. The molecule has 64 valence electrons. The van der Waals surface area contributed by atoms with E-state index in [0.29, 0.717) is 11.5 Å². The Morgan fingerprint density at radius 1 is 1.50 bits per heavy atom. The van der Waals surface area contributed by atoms with Crippen LogP contribution in [-0.4, -0.2) is 15.9 Å². The molecule has 0 aliphatic carbocycles. The van der Waals surface area contributed by atoms with Crippen LogP contribution in [0.2, 0.25) is 0 Å². The highest BCUT2D eigenvalue weighted by Gasteiger charge is 2.08. The summed E-state index contributed by atoms with van der Waals surface area (Å²) in [4.78, 5) is 22.7. The van der Waals surface area contributed by atoms with Crippen molar-refractivity contribution in [1.29, 1.82) is 0 Å². The lowest BCUT2D eigenvalue weighted by atomic mass is 10.3. The molecule has 0 amide bonds. The van der Waals surface area contributed by atoms with E-state index in [2.05, 4.69) is 14.8 Å². The number of hydrogen-bond donors (Lipinski definition) is 1. The molecule has 5 nitrogen and oxygen atoms in total. The molecule has 0 aliphatic heterocycles. The normalized spacial score (nSPS) is 9.58. The topological polar surface area (TPSA) is 78.1 Å². The third-order valence-corrected chi connectivity index (χ3v) is 1.28. The molecule has 0 bridgehead atoms. The zero-order valence-corrected chi connectivity index (χ0v) is 6.87. The number of hydrogen-bond acceptors (Lipinski definition) is 5. The summed E-state index contributed by atoms with van der Waals surface area (Å²) in [5.41, 5.74) is 0.894. The lowest BCUT2D eigenvalue weighted by Crippen LogP contribution is -2.13. The maximum atomic E-state index is 10.9. The smallest absolute Gasteiger partial charge is 0.368 e. The second-order valence-corrected chi connectivity index (χ2v) is 2.35. The number of nitrogens with zero attached hydrogens (tertiary/aromatic N) is 2. The molecule has 1 aromatic heterocycles. The first-order chi connectivity index (χ1) is 5.63. The Morgan fingerprint density at radius 3 is 2.67 bits per heavy atom. The Balaban J connectivity index is 3.08. The van der Waals surface area contributed by atoms with Gasteiger partial charge in [-0.3, -0.25) is 0 Å². The highest BCUT2D eigenvalue weighted by atomic mass is 16.7. The summed E-state index contributed by atoms with van der Waals surface area (Å²) in [5.74, 6) is 4.57. The van der Waals surface area contributed by atoms with Crippen molar-refractivity contribution in [3.05, 3.63) is 23.3 Å². The van der Waals surface area contributed by atoms with Crippen LogP contribution in [0.15, 0.2) is 6.07 Å². The highest BCUT2D eigenvalue weighted by Crippen LogP contribution is 2.00. The van der Waals surface area contributed by atoms with E-state index in [4.69, 9.17) is 5.90 Å². The second-order valence-electron chi connectivity index (χ2n) is 2.35. The molecule has 0 saturated heterocycles. The molecule has 1 heterocycles. The molecule has 0 aromatic carbocycles. The van der Waals surface area contributed by atoms with Crippen LogP contribution in [-0.2, 0) is 4.84 Å². The fourth-order valence-electron chi connectivity index (χ4n) is 0.882. The van der Waals surface area contributed by atoms with Crippen LogP contribution < -0.4 is 5.90 Å². The summed E-state index contributed by atoms with van der Waals surface area (Å²) in [5, 5.41) is 0. The zero-order valence-electron chi connectivity index (χ0n) is 6.87. The van der Waals surface area contributed by atoms with Gasteiger partial charge in [0.2, 0.25) is 0 Å². The van der Waals surface area contributed by atoms with Crippen LogP contribution in [0.1, 0.15) is 22.0 Å². The Labute approximate surface area is 69.5 Å². The van der Waals surface area contributed by atoms with Crippen LogP contribution in [0.4, 0.5) is 0 Å². The molecule has 0 radical (unpaired) electrons. The number of aromatic nitrogens is 2. The maximum Gasteiger partial charge on any atom is 0.375 e. The van der Waals surface area contributed by atoms with Crippen molar-refractivity contribution in [2.24, 2.45) is 5.90 Å². The van der Waals surface area contributed by atoms with E-state index in [1.807, 2.05) is 0 Å². The van der Waals surface area contributed by atoms with Crippen LogP contribution in [0, 0.1) is 13.8 Å². The van der Waals surface area contributed by atoms with Crippen molar-refractivity contribution >= 4 is 5.97 Å². The monoisotopic (exact) mass is 167 g/mol. The molecular formula is C7H9N3O2. The predicted molar refractivity (Wildman–Crippen MR) is 41.1 cm³/mol. The van der Waals surface area contributed by atoms with E-state index >= 15 is 0 Å². The molecular weight excluding hydrogens is 158 g/mol. The van der Waals surface area contributed by atoms with Gasteiger partial charge in [0.25, 0.3) is 0 Å². The summed E-state index contributed by atoms with van der Waals surface area (Å²) in [6.45, 7) is 3.46. The highest BCUT2D eigenvalue weighted by molar-refractivity contribution is 5.86. The molecule has 1 aromatic rings. The second kappa shape index (κ2) is 3.27. The molecule has 0 unspecified atom stereocenters. The molecule has 0 atom stereocenters. The van der Waals surface area contributed by atoms with Crippen LogP contribution >= 0.6 is 0 Å². The van der Waals surface area contributed by atoms with E-state index in [9.17, 15) is 4.79 Å². The third-order valence-electron chi connectivity index (χ3n) is 1.28. The van der Waals surface area contributed by atoms with Crippen LogP contribution in [0.25, 0.3) is 0 Å². The Morgan fingerprint density at radius 2 is 2.17 bits per heavy atom. The molecule has 0 spiro atoms. The van der Waals surface area contributed by atoms with Crippen molar-refractivity contribution in [3.8, 4) is 0 Å². The molecule has 0 aliphatic rings. The first kappa shape index (κ1) is 8.61. The lowest BCUT2D eigenvalue weighted by molar-refractivity contribution is 0.0496. The van der Waals surface area contributed by atoms with Crippen molar-refractivity contribution in [1.82, 2.24) is 9.97 Å². The minimum absolute atomic E-state index is 0.183. The van der Waals surface area contributed by atoms with Crippen molar-refractivity contribution in [2.45, 2.75) is 13.8 Å². The largest absolute Gasteiger partial charge is 0.375 e. The van der Waals surface area contributed by atoms with Crippen LogP contribution in [0.3, 0.4) is 0 Å². The van der Waals surface area contributed by atoms with E-state index in [-0.39, 0.29) is 5.69 Å². The summed E-state index contributed by atoms with van der Waals surface area (Å²) >= 11 is 0. The Hall–Kier alpha value is -1.49. The van der Waals surface area contributed by atoms with Crippen molar-refractivity contribution in [2.75, 3.05) is 0 Å². The summed E-state index contributed by atoms with van der Waals surface area (Å²) < 4.78 is 0. The quantitative estimate of drug-likeness (QED) is 0.601. The van der Waals surface area contributed by atoms with E-state index in [0.717, 1.165) is 0 Å².